The molecule has 0 amide bonds. The molecule has 0 unspecified atom stereocenters. The molecule has 12 heavy (non-hydrogen) atoms. The predicted octanol–water partition coefficient (Wildman–Crippen LogP) is 1.75. The molecule has 2 aromatic heterocycles. The van der Waals surface area contributed by atoms with Crippen LogP contribution in [0, 0.1) is 11.3 Å². The van der Waals surface area contributed by atoms with Gasteiger partial charge in [0.1, 0.15) is 11.9 Å². The second-order valence-corrected chi connectivity index (χ2v) is 3.25. The van der Waals surface area contributed by atoms with E-state index in [9.17, 15) is 0 Å². The van der Waals surface area contributed by atoms with E-state index >= 15 is 0 Å². The SMILES string of the molecule is N#Cc1cnc(N)c2sccc12. The minimum absolute atomic E-state index is 0.499. The molecule has 0 atom stereocenters. The van der Waals surface area contributed by atoms with Gasteiger partial charge in [-0.15, -0.1) is 11.3 Å². The van der Waals surface area contributed by atoms with E-state index in [1.54, 1.807) is 0 Å². The van der Waals surface area contributed by atoms with Crippen LogP contribution < -0.4 is 5.73 Å². The number of anilines is 1. The highest BCUT2D eigenvalue weighted by molar-refractivity contribution is 7.17. The van der Waals surface area contributed by atoms with Crippen LogP contribution in [0.2, 0.25) is 0 Å². The Morgan fingerprint density at radius 2 is 2.42 bits per heavy atom. The topological polar surface area (TPSA) is 62.7 Å². The number of hydrogen-bond acceptors (Lipinski definition) is 4. The van der Waals surface area contributed by atoms with E-state index in [-0.39, 0.29) is 0 Å². The summed E-state index contributed by atoms with van der Waals surface area (Å²) in [6.45, 7) is 0. The average Bonchev–Trinajstić information content (AvgIpc) is 2.54. The molecule has 2 heterocycles. The second kappa shape index (κ2) is 2.47. The van der Waals surface area contributed by atoms with Crippen LogP contribution in [0.4, 0.5) is 5.82 Å². The second-order valence-electron chi connectivity index (χ2n) is 2.33. The van der Waals surface area contributed by atoms with Crippen LogP contribution >= 0.6 is 11.3 Å². The maximum atomic E-state index is 8.72. The Kier molecular flexibility index (Phi) is 1.45. The fourth-order valence-corrected chi connectivity index (χ4v) is 1.89. The first-order chi connectivity index (χ1) is 5.83. The van der Waals surface area contributed by atoms with Crippen molar-refractivity contribution in [2.75, 3.05) is 5.73 Å². The van der Waals surface area contributed by atoms with Gasteiger partial charge in [-0.2, -0.15) is 5.26 Å². The van der Waals surface area contributed by atoms with Crippen molar-refractivity contribution in [2.24, 2.45) is 0 Å². The van der Waals surface area contributed by atoms with E-state index in [1.165, 1.54) is 17.5 Å². The fourth-order valence-electron chi connectivity index (χ4n) is 1.07. The van der Waals surface area contributed by atoms with Crippen molar-refractivity contribution in [3.8, 4) is 6.07 Å². The van der Waals surface area contributed by atoms with Gasteiger partial charge in [-0.3, -0.25) is 0 Å². The van der Waals surface area contributed by atoms with E-state index in [0.29, 0.717) is 11.4 Å². The van der Waals surface area contributed by atoms with Gasteiger partial charge in [0, 0.05) is 11.6 Å². The molecule has 2 rings (SSSR count). The van der Waals surface area contributed by atoms with Gasteiger partial charge in [0.15, 0.2) is 0 Å². The Hall–Kier alpha value is -1.60. The Labute approximate surface area is 73.1 Å². The molecule has 4 heteroatoms. The van der Waals surface area contributed by atoms with Crippen molar-refractivity contribution in [3.05, 3.63) is 23.2 Å². The zero-order chi connectivity index (χ0) is 8.55. The molecular formula is C8H5N3S. The Morgan fingerprint density at radius 1 is 1.58 bits per heavy atom. The molecular weight excluding hydrogens is 170 g/mol. The zero-order valence-corrected chi connectivity index (χ0v) is 6.93. The molecule has 0 aliphatic carbocycles. The lowest BCUT2D eigenvalue weighted by molar-refractivity contribution is 1.35. The van der Waals surface area contributed by atoms with Crippen LogP contribution in [-0.4, -0.2) is 4.98 Å². The lowest BCUT2D eigenvalue weighted by Gasteiger charge is -1.95. The van der Waals surface area contributed by atoms with E-state index in [2.05, 4.69) is 11.1 Å². The molecule has 0 saturated heterocycles. The van der Waals surface area contributed by atoms with Crippen LogP contribution in [0.1, 0.15) is 5.56 Å². The molecule has 0 bridgehead atoms. The van der Waals surface area contributed by atoms with E-state index in [0.717, 1.165) is 10.1 Å². The summed E-state index contributed by atoms with van der Waals surface area (Å²) in [5.74, 6) is 0.499. The lowest BCUT2D eigenvalue weighted by Crippen LogP contribution is -1.90. The number of aromatic nitrogens is 1. The molecule has 3 nitrogen and oxygen atoms in total. The van der Waals surface area contributed by atoms with Crippen molar-refractivity contribution in [1.82, 2.24) is 4.98 Å². The number of nitrogens with zero attached hydrogens (tertiary/aromatic N) is 2. The summed E-state index contributed by atoms with van der Waals surface area (Å²) in [6.07, 6.45) is 1.50. The number of hydrogen-bond donors (Lipinski definition) is 1. The third kappa shape index (κ3) is 0.840. The minimum atomic E-state index is 0.499. The monoisotopic (exact) mass is 175 g/mol. The van der Waals surface area contributed by atoms with Crippen LogP contribution in [0.5, 0.6) is 0 Å². The largest absolute Gasteiger partial charge is 0.383 e. The van der Waals surface area contributed by atoms with Gasteiger partial charge in [0.2, 0.25) is 0 Å². The number of rotatable bonds is 0. The standard InChI is InChI=1S/C8H5N3S/c9-3-5-4-11-8(10)7-6(5)1-2-12-7/h1-2,4H,(H2,10,11). The van der Waals surface area contributed by atoms with E-state index in [4.69, 9.17) is 11.0 Å². The minimum Gasteiger partial charge on any atom is -0.383 e. The van der Waals surface area contributed by atoms with Gasteiger partial charge in [-0.05, 0) is 11.4 Å². The summed E-state index contributed by atoms with van der Waals surface area (Å²) in [6, 6.07) is 3.96. The number of nitriles is 1. The van der Waals surface area contributed by atoms with Crippen LogP contribution in [0.25, 0.3) is 10.1 Å². The van der Waals surface area contributed by atoms with Gasteiger partial charge in [0.25, 0.3) is 0 Å². The Bertz CT molecular complexity index is 467. The number of pyridine rings is 1. The van der Waals surface area contributed by atoms with Crippen molar-refractivity contribution >= 4 is 27.2 Å². The van der Waals surface area contributed by atoms with Crippen molar-refractivity contribution in [1.29, 1.82) is 5.26 Å². The highest BCUT2D eigenvalue weighted by atomic mass is 32.1. The summed E-state index contributed by atoms with van der Waals surface area (Å²) in [7, 11) is 0. The summed E-state index contributed by atoms with van der Waals surface area (Å²) in [5, 5.41) is 11.5. The summed E-state index contributed by atoms with van der Waals surface area (Å²) in [5.41, 5.74) is 6.20. The van der Waals surface area contributed by atoms with Gasteiger partial charge in [0.05, 0.1) is 10.3 Å². The normalized spacial score (nSPS) is 9.92. The molecule has 0 saturated carbocycles. The van der Waals surface area contributed by atoms with Gasteiger partial charge in [-0.1, -0.05) is 0 Å². The van der Waals surface area contributed by atoms with Crippen LogP contribution in [0.3, 0.4) is 0 Å². The smallest absolute Gasteiger partial charge is 0.141 e. The van der Waals surface area contributed by atoms with Gasteiger partial charge >= 0.3 is 0 Å². The summed E-state index contributed by atoms with van der Waals surface area (Å²) in [4.78, 5) is 3.92. The average molecular weight is 175 g/mol. The van der Waals surface area contributed by atoms with Crippen LogP contribution in [-0.2, 0) is 0 Å². The summed E-state index contributed by atoms with van der Waals surface area (Å²) >= 11 is 1.50. The third-order valence-electron chi connectivity index (χ3n) is 1.64. The van der Waals surface area contributed by atoms with Crippen LogP contribution in [0.15, 0.2) is 17.6 Å². The lowest BCUT2D eigenvalue weighted by atomic mass is 10.2. The van der Waals surface area contributed by atoms with Crippen molar-refractivity contribution < 1.29 is 0 Å². The van der Waals surface area contributed by atoms with Crippen molar-refractivity contribution in [2.45, 2.75) is 0 Å². The Balaban J connectivity index is 2.94. The predicted molar refractivity (Wildman–Crippen MR) is 48.7 cm³/mol. The number of nitrogens with two attached hydrogens (primary N) is 1. The van der Waals surface area contributed by atoms with E-state index < -0.39 is 0 Å². The van der Waals surface area contributed by atoms with Gasteiger partial charge in [-0.25, -0.2) is 4.98 Å². The number of fused-ring (bicyclic) bond motifs is 1. The molecule has 2 aromatic rings. The zero-order valence-electron chi connectivity index (χ0n) is 6.11. The molecule has 0 aromatic carbocycles. The van der Waals surface area contributed by atoms with E-state index in [1.807, 2.05) is 11.4 Å². The maximum Gasteiger partial charge on any atom is 0.141 e. The third-order valence-corrected chi connectivity index (χ3v) is 2.58. The molecule has 0 aliphatic heterocycles. The summed E-state index contributed by atoms with van der Waals surface area (Å²) < 4.78 is 0.897. The first kappa shape index (κ1) is 7.07. The Morgan fingerprint density at radius 3 is 3.17 bits per heavy atom. The molecule has 2 N–H and O–H groups in total. The number of nitrogen functional groups attached to an aromatic ring is 1. The fraction of sp³-hybridized carbons (Fsp3) is 0. The highest BCUT2D eigenvalue weighted by Gasteiger charge is 2.04. The maximum absolute atomic E-state index is 8.72. The molecule has 0 radical (unpaired) electrons. The molecule has 58 valence electrons. The van der Waals surface area contributed by atoms with Gasteiger partial charge < -0.3 is 5.73 Å². The van der Waals surface area contributed by atoms with Crippen molar-refractivity contribution in [3.63, 3.8) is 0 Å². The quantitative estimate of drug-likeness (QED) is 0.663. The number of thiophene rings is 1. The first-order valence-electron chi connectivity index (χ1n) is 3.34. The molecule has 0 aliphatic rings. The molecule has 0 fully saturated rings. The molecule has 0 spiro atoms. The highest BCUT2D eigenvalue weighted by Crippen LogP contribution is 2.27. The first-order valence-corrected chi connectivity index (χ1v) is 4.22.